The summed E-state index contributed by atoms with van der Waals surface area (Å²) in [5, 5.41) is 8.88. The van der Waals surface area contributed by atoms with Crippen LogP contribution in [-0.2, 0) is 4.79 Å². The lowest BCUT2D eigenvalue weighted by atomic mass is 10.2. The number of halogens is 3. The van der Waals surface area contributed by atoms with E-state index < -0.39 is 11.8 Å². The van der Waals surface area contributed by atoms with Crippen LogP contribution in [0.4, 0.5) is 4.39 Å². The normalized spacial score (nSPS) is 11.5. The molecule has 2 nitrogen and oxygen atoms in total. The molecule has 1 aromatic rings. The second kappa shape index (κ2) is 4.44. The van der Waals surface area contributed by atoms with Gasteiger partial charge in [0, 0.05) is 10.0 Å². The summed E-state index contributed by atoms with van der Waals surface area (Å²) in [5.41, 5.74) is 0.274. The third kappa shape index (κ3) is 2.72. The standard InChI is InChI=1S/C9H5Cl2FO2/c10-6-2-1-5(7(11)4-6)3-8(12)9(13)14/h1-4H,(H,13,14)/b8-3-. The third-order valence-corrected chi connectivity index (χ3v) is 2.01. The molecule has 0 spiro atoms. The van der Waals surface area contributed by atoms with Gasteiger partial charge in [-0.2, -0.15) is 4.39 Å². The first-order valence-electron chi connectivity index (χ1n) is 3.56. The Morgan fingerprint density at radius 1 is 1.43 bits per heavy atom. The number of benzene rings is 1. The first kappa shape index (κ1) is 11.0. The molecule has 5 heteroatoms. The summed E-state index contributed by atoms with van der Waals surface area (Å²) in [6, 6.07) is 4.34. The lowest BCUT2D eigenvalue weighted by molar-refractivity contribution is -0.134. The van der Waals surface area contributed by atoms with Gasteiger partial charge in [-0.25, -0.2) is 4.79 Å². The van der Waals surface area contributed by atoms with E-state index in [9.17, 15) is 9.18 Å². The Labute approximate surface area is 89.6 Å². The highest BCUT2D eigenvalue weighted by atomic mass is 35.5. The Morgan fingerprint density at radius 3 is 2.57 bits per heavy atom. The summed E-state index contributed by atoms with van der Waals surface area (Å²) >= 11 is 11.3. The van der Waals surface area contributed by atoms with Gasteiger partial charge in [-0.15, -0.1) is 0 Å². The van der Waals surface area contributed by atoms with Crippen LogP contribution in [0.2, 0.25) is 10.0 Å². The molecule has 0 fully saturated rings. The van der Waals surface area contributed by atoms with Gasteiger partial charge in [-0.05, 0) is 23.8 Å². The molecule has 0 aromatic heterocycles. The van der Waals surface area contributed by atoms with E-state index in [1.165, 1.54) is 18.2 Å². The van der Waals surface area contributed by atoms with Crippen LogP contribution >= 0.6 is 23.2 Å². The number of hydrogen-bond acceptors (Lipinski definition) is 1. The van der Waals surface area contributed by atoms with Gasteiger partial charge in [0.2, 0.25) is 5.83 Å². The summed E-state index contributed by atoms with van der Waals surface area (Å²) in [6.45, 7) is 0. The molecule has 0 saturated carbocycles. The predicted molar refractivity (Wildman–Crippen MR) is 53.2 cm³/mol. The highest BCUT2D eigenvalue weighted by Gasteiger charge is 2.06. The van der Waals surface area contributed by atoms with Crippen LogP contribution in [0.3, 0.4) is 0 Å². The van der Waals surface area contributed by atoms with Gasteiger partial charge in [0.1, 0.15) is 0 Å². The quantitative estimate of drug-likeness (QED) is 0.797. The maximum Gasteiger partial charge on any atom is 0.364 e. The van der Waals surface area contributed by atoms with Gasteiger partial charge in [0.15, 0.2) is 0 Å². The first-order valence-corrected chi connectivity index (χ1v) is 4.32. The van der Waals surface area contributed by atoms with Gasteiger partial charge in [0.05, 0.1) is 0 Å². The number of rotatable bonds is 2. The van der Waals surface area contributed by atoms with Crippen molar-refractivity contribution < 1.29 is 14.3 Å². The summed E-state index contributed by atoms with van der Waals surface area (Å²) in [7, 11) is 0. The zero-order valence-corrected chi connectivity index (χ0v) is 8.31. The number of carboxylic acid groups (broad SMARTS) is 1. The van der Waals surface area contributed by atoms with Crippen molar-refractivity contribution in [3.63, 3.8) is 0 Å². The largest absolute Gasteiger partial charge is 0.476 e. The maximum atomic E-state index is 12.7. The molecule has 74 valence electrons. The molecule has 0 amide bonds. The Balaban J connectivity index is 3.09. The lowest BCUT2D eigenvalue weighted by Gasteiger charge is -1.98. The Bertz CT molecular complexity index is 402. The van der Waals surface area contributed by atoms with Crippen molar-refractivity contribution in [3.8, 4) is 0 Å². The van der Waals surface area contributed by atoms with E-state index in [0.29, 0.717) is 5.02 Å². The fourth-order valence-corrected chi connectivity index (χ4v) is 1.28. The van der Waals surface area contributed by atoms with Crippen LogP contribution in [0.5, 0.6) is 0 Å². The zero-order chi connectivity index (χ0) is 10.7. The predicted octanol–water partition coefficient (Wildman–Crippen LogP) is 3.39. The van der Waals surface area contributed by atoms with Crippen LogP contribution in [0.1, 0.15) is 5.56 Å². The molecule has 0 heterocycles. The fourth-order valence-electron chi connectivity index (χ4n) is 0.817. The number of hydrogen-bond donors (Lipinski definition) is 1. The van der Waals surface area contributed by atoms with Crippen LogP contribution in [0, 0.1) is 0 Å². The smallest absolute Gasteiger partial charge is 0.364 e. The second-order valence-electron chi connectivity index (χ2n) is 2.46. The minimum absolute atomic E-state index is 0.203. The Kier molecular flexibility index (Phi) is 3.49. The first-order chi connectivity index (χ1) is 6.50. The average Bonchev–Trinajstić information content (AvgIpc) is 2.09. The number of carboxylic acids is 1. The molecule has 1 rings (SSSR count). The highest BCUT2D eigenvalue weighted by molar-refractivity contribution is 6.35. The molecule has 0 saturated heterocycles. The van der Waals surface area contributed by atoms with E-state index in [0.717, 1.165) is 6.08 Å². The van der Waals surface area contributed by atoms with Crippen LogP contribution < -0.4 is 0 Å². The van der Waals surface area contributed by atoms with E-state index in [-0.39, 0.29) is 10.6 Å². The molecule has 14 heavy (non-hydrogen) atoms. The molecule has 1 aromatic carbocycles. The lowest BCUT2D eigenvalue weighted by Crippen LogP contribution is -1.94. The van der Waals surface area contributed by atoms with Gasteiger partial charge >= 0.3 is 5.97 Å². The highest BCUT2D eigenvalue weighted by Crippen LogP contribution is 2.23. The fraction of sp³-hybridized carbons (Fsp3) is 0. The molecule has 0 radical (unpaired) electrons. The monoisotopic (exact) mass is 234 g/mol. The SMILES string of the molecule is O=C(O)/C(F)=C/c1ccc(Cl)cc1Cl. The Morgan fingerprint density at radius 2 is 2.07 bits per heavy atom. The Hall–Kier alpha value is -1.06. The molecule has 0 aliphatic heterocycles. The minimum atomic E-state index is -1.63. The van der Waals surface area contributed by atoms with Gasteiger partial charge in [-0.1, -0.05) is 29.3 Å². The molecule has 1 N–H and O–H groups in total. The van der Waals surface area contributed by atoms with E-state index in [1.807, 2.05) is 0 Å². The molecule has 0 unspecified atom stereocenters. The van der Waals surface area contributed by atoms with Gasteiger partial charge < -0.3 is 5.11 Å². The number of aliphatic carboxylic acids is 1. The van der Waals surface area contributed by atoms with Crippen molar-refractivity contribution in [3.05, 3.63) is 39.6 Å². The van der Waals surface area contributed by atoms with Gasteiger partial charge in [0.25, 0.3) is 0 Å². The summed E-state index contributed by atoms with van der Waals surface area (Å²) in [5.74, 6) is -2.90. The molecule has 0 atom stereocenters. The summed E-state index contributed by atoms with van der Waals surface area (Å²) in [6.07, 6.45) is 0.834. The van der Waals surface area contributed by atoms with E-state index in [2.05, 4.69) is 0 Å². The van der Waals surface area contributed by atoms with Crippen molar-refractivity contribution in [1.82, 2.24) is 0 Å². The van der Waals surface area contributed by atoms with Crippen molar-refractivity contribution in [2.24, 2.45) is 0 Å². The molecular formula is C9H5Cl2FO2. The number of carbonyl (C=O) groups is 1. The third-order valence-electron chi connectivity index (χ3n) is 1.45. The molecular weight excluding hydrogens is 230 g/mol. The van der Waals surface area contributed by atoms with Crippen LogP contribution in [-0.4, -0.2) is 11.1 Å². The van der Waals surface area contributed by atoms with Crippen molar-refractivity contribution in [2.45, 2.75) is 0 Å². The molecule has 0 bridgehead atoms. The van der Waals surface area contributed by atoms with E-state index >= 15 is 0 Å². The van der Waals surface area contributed by atoms with Crippen molar-refractivity contribution in [2.75, 3.05) is 0 Å². The van der Waals surface area contributed by atoms with E-state index in [4.69, 9.17) is 28.3 Å². The summed E-state index contributed by atoms with van der Waals surface area (Å²) in [4.78, 5) is 10.2. The van der Waals surface area contributed by atoms with Crippen LogP contribution in [0.15, 0.2) is 24.0 Å². The maximum absolute atomic E-state index is 12.7. The molecule has 0 aliphatic carbocycles. The van der Waals surface area contributed by atoms with Crippen molar-refractivity contribution in [1.29, 1.82) is 0 Å². The minimum Gasteiger partial charge on any atom is -0.476 e. The average molecular weight is 235 g/mol. The second-order valence-corrected chi connectivity index (χ2v) is 3.31. The van der Waals surface area contributed by atoms with E-state index in [1.54, 1.807) is 0 Å². The zero-order valence-electron chi connectivity index (χ0n) is 6.80. The van der Waals surface area contributed by atoms with Crippen molar-refractivity contribution >= 4 is 35.2 Å². The van der Waals surface area contributed by atoms with Gasteiger partial charge in [-0.3, -0.25) is 0 Å². The molecule has 0 aliphatic rings. The van der Waals surface area contributed by atoms with Crippen LogP contribution in [0.25, 0.3) is 6.08 Å². The topological polar surface area (TPSA) is 37.3 Å². The summed E-state index contributed by atoms with van der Waals surface area (Å²) < 4.78 is 12.7.